The molecule has 0 aliphatic rings. The van der Waals surface area contributed by atoms with E-state index in [1.54, 1.807) is 7.11 Å². The molecule has 0 aliphatic carbocycles. The largest absolute Gasteiger partial charge is 0.385 e. The Morgan fingerprint density at radius 3 is 2.88 bits per heavy atom. The minimum atomic E-state index is 0.501. The summed E-state index contributed by atoms with van der Waals surface area (Å²) in [6.45, 7) is 6.36. The topological polar surface area (TPSA) is 21.3 Å². The third-order valence-corrected chi connectivity index (χ3v) is 3.62. The van der Waals surface area contributed by atoms with E-state index in [9.17, 15) is 0 Å². The van der Waals surface area contributed by atoms with Crippen LogP contribution < -0.4 is 5.32 Å². The lowest BCUT2D eigenvalue weighted by molar-refractivity contribution is 0.188. The summed E-state index contributed by atoms with van der Waals surface area (Å²) in [5.74, 6) is 0. The van der Waals surface area contributed by atoms with Crippen LogP contribution in [0.1, 0.15) is 42.7 Å². The maximum atomic E-state index is 5.12. The third-order valence-electron chi connectivity index (χ3n) is 2.76. The smallest absolute Gasteiger partial charge is 0.0462 e. The summed E-state index contributed by atoms with van der Waals surface area (Å²) in [6.07, 6.45) is 3.46. The van der Waals surface area contributed by atoms with Gasteiger partial charge in [0.15, 0.2) is 0 Å². The molecule has 0 spiro atoms. The predicted molar refractivity (Wildman–Crippen MR) is 71.2 cm³/mol. The Balaban J connectivity index is 2.53. The quantitative estimate of drug-likeness (QED) is 0.703. The van der Waals surface area contributed by atoms with E-state index in [-0.39, 0.29) is 0 Å². The van der Waals surface area contributed by atoms with E-state index >= 15 is 0 Å². The zero-order valence-electron chi connectivity index (χ0n) is 10.6. The molecule has 0 amide bonds. The Labute approximate surface area is 103 Å². The molecule has 1 heterocycles. The fourth-order valence-electron chi connectivity index (χ4n) is 1.87. The first-order chi connectivity index (χ1) is 7.79. The lowest BCUT2D eigenvalue weighted by atomic mass is 10.0. The molecule has 1 atom stereocenters. The summed E-state index contributed by atoms with van der Waals surface area (Å²) < 4.78 is 5.12. The maximum Gasteiger partial charge on any atom is 0.0462 e. The molecule has 1 N–H and O–H groups in total. The number of ether oxygens (including phenoxy) is 1. The molecule has 1 unspecified atom stereocenters. The maximum absolute atomic E-state index is 5.12. The lowest BCUT2D eigenvalue weighted by Gasteiger charge is -2.18. The highest BCUT2D eigenvalue weighted by molar-refractivity contribution is 7.10. The molecule has 3 heteroatoms. The fourth-order valence-corrected chi connectivity index (χ4v) is 2.64. The molecule has 0 aliphatic heterocycles. The van der Waals surface area contributed by atoms with Gasteiger partial charge in [-0.05, 0) is 49.7 Å². The Morgan fingerprint density at radius 1 is 1.50 bits per heavy atom. The van der Waals surface area contributed by atoms with Crippen molar-refractivity contribution in [2.24, 2.45) is 0 Å². The van der Waals surface area contributed by atoms with Crippen LogP contribution in [0.15, 0.2) is 11.4 Å². The summed E-state index contributed by atoms with van der Waals surface area (Å²) in [6, 6.07) is 2.75. The molecule has 92 valence electrons. The molecule has 0 aromatic carbocycles. The average Bonchev–Trinajstić information content (AvgIpc) is 2.70. The number of methoxy groups -OCH3 is 1. The predicted octanol–water partition coefficient (Wildman–Crippen LogP) is 3.52. The van der Waals surface area contributed by atoms with Crippen molar-refractivity contribution in [1.82, 2.24) is 5.32 Å². The molecule has 0 saturated carbocycles. The standard InChI is InChI=1S/C13H23NOS/c1-4-8-14-13(6-5-9-15-3)12-7-10-16-11(12)2/h7,10,13-14H,4-6,8-9H2,1-3H3. The van der Waals surface area contributed by atoms with E-state index in [2.05, 4.69) is 30.6 Å². The number of aryl methyl sites for hydroxylation is 1. The van der Waals surface area contributed by atoms with E-state index in [1.165, 1.54) is 16.9 Å². The SMILES string of the molecule is CCCNC(CCCOC)c1ccsc1C. The van der Waals surface area contributed by atoms with Crippen LogP contribution in [-0.2, 0) is 4.74 Å². The van der Waals surface area contributed by atoms with Crippen molar-refractivity contribution in [3.05, 3.63) is 21.9 Å². The molecule has 0 radical (unpaired) electrons. The average molecular weight is 241 g/mol. The lowest BCUT2D eigenvalue weighted by Crippen LogP contribution is -2.22. The van der Waals surface area contributed by atoms with Crippen molar-refractivity contribution < 1.29 is 4.74 Å². The Hall–Kier alpha value is -0.380. The Kier molecular flexibility index (Phi) is 6.69. The number of hydrogen-bond acceptors (Lipinski definition) is 3. The second kappa shape index (κ2) is 7.82. The first-order valence-corrected chi connectivity index (χ1v) is 6.93. The zero-order valence-corrected chi connectivity index (χ0v) is 11.4. The molecule has 16 heavy (non-hydrogen) atoms. The summed E-state index contributed by atoms with van der Waals surface area (Å²) >= 11 is 1.83. The molecule has 1 aromatic heterocycles. The van der Waals surface area contributed by atoms with Gasteiger partial charge in [-0.3, -0.25) is 0 Å². The summed E-state index contributed by atoms with van der Waals surface area (Å²) in [5.41, 5.74) is 1.47. The van der Waals surface area contributed by atoms with Gasteiger partial charge in [0.1, 0.15) is 0 Å². The molecular weight excluding hydrogens is 218 g/mol. The highest BCUT2D eigenvalue weighted by Crippen LogP contribution is 2.25. The van der Waals surface area contributed by atoms with Gasteiger partial charge < -0.3 is 10.1 Å². The summed E-state index contributed by atoms with van der Waals surface area (Å²) in [5, 5.41) is 5.80. The van der Waals surface area contributed by atoms with Gasteiger partial charge in [-0.25, -0.2) is 0 Å². The summed E-state index contributed by atoms with van der Waals surface area (Å²) in [4.78, 5) is 1.44. The first-order valence-electron chi connectivity index (χ1n) is 6.06. The zero-order chi connectivity index (χ0) is 11.8. The van der Waals surface area contributed by atoms with Crippen LogP contribution in [0.5, 0.6) is 0 Å². The molecule has 2 nitrogen and oxygen atoms in total. The highest BCUT2D eigenvalue weighted by atomic mass is 32.1. The normalized spacial score (nSPS) is 12.9. The van der Waals surface area contributed by atoms with E-state index in [4.69, 9.17) is 4.74 Å². The van der Waals surface area contributed by atoms with E-state index in [0.29, 0.717) is 6.04 Å². The second-order valence-electron chi connectivity index (χ2n) is 4.07. The minimum Gasteiger partial charge on any atom is -0.385 e. The highest BCUT2D eigenvalue weighted by Gasteiger charge is 2.13. The molecule has 1 aromatic rings. The first kappa shape index (κ1) is 13.7. The molecule has 0 bridgehead atoms. The van der Waals surface area contributed by atoms with Crippen LogP contribution >= 0.6 is 11.3 Å². The van der Waals surface area contributed by atoms with Crippen molar-refractivity contribution in [1.29, 1.82) is 0 Å². The van der Waals surface area contributed by atoms with E-state index in [0.717, 1.165) is 26.0 Å². The fraction of sp³-hybridized carbons (Fsp3) is 0.692. The van der Waals surface area contributed by atoms with Gasteiger partial charge in [0.05, 0.1) is 0 Å². The van der Waals surface area contributed by atoms with E-state index < -0.39 is 0 Å². The van der Waals surface area contributed by atoms with Crippen molar-refractivity contribution in [2.75, 3.05) is 20.3 Å². The van der Waals surface area contributed by atoms with Crippen LogP contribution in [0.4, 0.5) is 0 Å². The Morgan fingerprint density at radius 2 is 2.31 bits per heavy atom. The van der Waals surface area contributed by atoms with E-state index in [1.807, 2.05) is 11.3 Å². The second-order valence-corrected chi connectivity index (χ2v) is 5.19. The molecule has 0 fully saturated rings. The van der Waals surface area contributed by atoms with Crippen LogP contribution in [0.2, 0.25) is 0 Å². The molecule has 1 rings (SSSR count). The van der Waals surface area contributed by atoms with Gasteiger partial charge in [-0.2, -0.15) is 0 Å². The van der Waals surface area contributed by atoms with Gasteiger partial charge in [-0.15, -0.1) is 11.3 Å². The van der Waals surface area contributed by atoms with Crippen LogP contribution in [-0.4, -0.2) is 20.3 Å². The van der Waals surface area contributed by atoms with Gasteiger partial charge in [-0.1, -0.05) is 6.92 Å². The Bertz CT molecular complexity index is 285. The number of thiophene rings is 1. The van der Waals surface area contributed by atoms with Crippen LogP contribution in [0.25, 0.3) is 0 Å². The third kappa shape index (κ3) is 4.24. The minimum absolute atomic E-state index is 0.501. The van der Waals surface area contributed by atoms with Gasteiger partial charge in [0.25, 0.3) is 0 Å². The van der Waals surface area contributed by atoms with Crippen LogP contribution in [0, 0.1) is 6.92 Å². The van der Waals surface area contributed by atoms with Crippen molar-refractivity contribution in [3.8, 4) is 0 Å². The monoisotopic (exact) mass is 241 g/mol. The van der Waals surface area contributed by atoms with Crippen molar-refractivity contribution >= 4 is 11.3 Å². The number of rotatable bonds is 8. The van der Waals surface area contributed by atoms with Gasteiger partial charge in [0, 0.05) is 24.6 Å². The van der Waals surface area contributed by atoms with Crippen LogP contribution in [0.3, 0.4) is 0 Å². The number of nitrogens with one attached hydrogen (secondary N) is 1. The molecule has 0 saturated heterocycles. The van der Waals surface area contributed by atoms with Gasteiger partial charge >= 0.3 is 0 Å². The summed E-state index contributed by atoms with van der Waals surface area (Å²) in [7, 11) is 1.77. The van der Waals surface area contributed by atoms with Gasteiger partial charge in [0.2, 0.25) is 0 Å². The van der Waals surface area contributed by atoms with Crippen molar-refractivity contribution in [2.45, 2.75) is 39.2 Å². The number of hydrogen-bond donors (Lipinski definition) is 1. The van der Waals surface area contributed by atoms with Crippen molar-refractivity contribution in [3.63, 3.8) is 0 Å². The molecular formula is C13H23NOS.